The fourth-order valence-electron chi connectivity index (χ4n) is 4.35. The highest BCUT2D eigenvalue weighted by molar-refractivity contribution is 5.65. The number of piperazine rings is 1. The van der Waals surface area contributed by atoms with Crippen LogP contribution < -0.4 is 4.90 Å². The van der Waals surface area contributed by atoms with Crippen molar-refractivity contribution < 1.29 is 4.52 Å². The Morgan fingerprint density at radius 2 is 1.96 bits per heavy atom. The standard InChI is InChI=1S/C19H24N6O/c1-12-9-17(22-26-12)16-10-18-20-14(3)13(2)19(25(18)21-16)24-8-7-23-6-4-5-15(23)11-24/h9-10,15H,4-8,11H2,1-3H3/t15-/m1/s1. The molecule has 2 fully saturated rings. The minimum Gasteiger partial charge on any atom is -0.361 e. The second-order valence-corrected chi connectivity index (χ2v) is 7.55. The summed E-state index contributed by atoms with van der Waals surface area (Å²) in [7, 11) is 0. The molecule has 26 heavy (non-hydrogen) atoms. The molecule has 0 unspecified atom stereocenters. The van der Waals surface area contributed by atoms with Gasteiger partial charge in [0, 0.05) is 49.1 Å². The molecule has 7 nitrogen and oxygen atoms in total. The van der Waals surface area contributed by atoms with Gasteiger partial charge in [-0.1, -0.05) is 5.16 Å². The van der Waals surface area contributed by atoms with Gasteiger partial charge in [0.2, 0.25) is 0 Å². The highest BCUT2D eigenvalue weighted by Gasteiger charge is 2.32. The first-order chi connectivity index (χ1) is 12.6. The summed E-state index contributed by atoms with van der Waals surface area (Å²) in [5, 5.41) is 8.95. The summed E-state index contributed by atoms with van der Waals surface area (Å²) in [5.74, 6) is 1.96. The van der Waals surface area contributed by atoms with Gasteiger partial charge in [0.1, 0.15) is 23.0 Å². The van der Waals surface area contributed by atoms with Crippen molar-refractivity contribution in [3.63, 3.8) is 0 Å². The average molecular weight is 352 g/mol. The van der Waals surface area contributed by atoms with Gasteiger partial charge in [-0.3, -0.25) is 4.90 Å². The third-order valence-corrected chi connectivity index (χ3v) is 5.83. The Labute approximate surface area is 152 Å². The van der Waals surface area contributed by atoms with Crippen LogP contribution in [0.3, 0.4) is 0 Å². The van der Waals surface area contributed by atoms with Crippen molar-refractivity contribution in [1.82, 2.24) is 24.7 Å². The number of hydrogen-bond donors (Lipinski definition) is 0. The van der Waals surface area contributed by atoms with Crippen LogP contribution in [0.1, 0.15) is 29.9 Å². The highest BCUT2D eigenvalue weighted by atomic mass is 16.5. The number of hydrogen-bond acceptors (Lipinski definition) is 6. The predicted octanol–water partition coefficient (Wildman–Crippen LogP) is 2.59. The van der Waals surface area contributed by atoms with Crippen molar-refractivity contribution in [3.8, 4) is 11.4 Å². The molecule has 5 rings (SSSR count). The van der Waals surface area contributed by atoms with Gasteiger partial charge in [-0.05, 0) is 40.2 Å². The minimum atomic E-state index is 0.667. The Balaban J connectivity index is 1.61. The van der Waals surface area contributed by atoms with Gasteiger partial charge >= 0.3 is 0 Å². The first kappa shape index (κ1) is 15.8. The monoisotopic (exact) mass is 352 g/mol. The molecule has 0 saturated carbocycles. The zero-order valence-electron chi connectivity index (χ0n) is 15.6. The minimum absolute atomic E-state index is 0.667. The van der Waals surface area contributed by atoms with Crippen molar-refractivity contribution in [1.29, 1.82) is 0 Å². The van der Waals surface area contributed by atoms with Crippen LogP contribution in [-0.4, -0.2) is 56.9 Å². The Hall–Kier alpha value is -2.41. The van der Waals surface area contributed by atoms with E-state index in [0.29, 0.717) is 6.04 Å². The molecule has 0 amide bonds. The van der Waals surface area contributed by atoms with Crippen LogP contribution in [-0.2, 0) is 0 Å². The predicted molar refractivity (Wildman–Crippen MR) is 99.5 cm³/mol. The van der Waals surface area contributed by atoms with E-state index in [1.807, 2.05) is 23.6 Å². The summed E-state index contributed by atoms with van der Waals surface area (Å²) in [6.07, 6.45) is 2.62. The van der Waals surface area contributed by atoms with Crippen LogP contribution in [0.5, 0.6) is 0 Å². The molecule has 0 radical (unpaired) electrons. The summed E-state index contributed by atoms with van der Waals surface area (Å²) in [4.78, 5) is 9.88. The van der Waals surface area contributed by atoms with E-state index < -0.39 is 0 Å². The fraction of sp³-hybridized carbons (Fsp3) is 0.526. The summed E-state index contributed by atoms with van der Waals surface area (Å²) < 4.78 is 7.21. The van der Waals surface area contributed by atoms with Crippen LogP contribution >= 0.6 is 0 Å². The molecule has 136 valence electrons. The lowest BCUT2D eigenvalue weighted by Gasteiger charge is -2.39. The molecule has 1 atom stereocenters. The maximum atomic E-state index is 5.22. The van der Waals surface area contributed by atoms with E-state index in [0.717, 1.165) is 48.1 Å². The normalized spacial score (nSPS) is 20.9. The smallest absolute Gasteiger partial charge is 0.158 e. The van der Waals surface area contributed by atoms with E-state index in [-0.39, 0.29) is 0 Å². The van der Waals surface area contributed by atoms with Gasteiger partial charge in [-0.15, -0.1) is 0 Å². The molecule has 0 spiro atoms. The number of nitrogens with zero attached hydrogens (tertiary/aromatic N) is 6. The second-order valence-electron chi connectivity index (χ2n) is 7.55. The number of anilines is 1. The van der Waals surface area contributed by atoms with Crippen LogP contribution in [0, 0.1) is 20.8 Å². The zero-order valence-corrected chi connectivity index (χ0v) is 15.6. The first-order valence-corrected chi connectivity index (χ1v) is 9.40. The molecule has 0 aliphatic carbocycles. The number of rotatable bonds is 2. The van der Waals surface area contributed by atoms with E-state index in [9.17, 15) is 0 Å². The molecule has 0 N–H and O–H groups in total. The highest BCUT2D eigenvalue weighted by Crippen LogP contribution is 2.30. The largest absolute Gasteiger partial charge is 0.361 e. The van der Waals surface area contributed by atoms with E-state index >= 15 is 0 Å². The van der Waals surface area contributed by atoms with Gasteiger partial charge in [-0.25, -0.2) is 4.98 Å². The molecule has 2 aliphatic rings. The molecule has 2 saturated heterocycles. The summed E-state index contributed by atoms with van der Waals surface area (Å²) in [6.45, 7) is 10.6. The third-order valence-electron chi connectivity index (χ3n) is 5.83. The fourth-order valence-corrected chi connectivity index (χ4v) is 4.35. The van der Waals surface area contributed by atoms with Gasteiger partial charge in [0.25, 0.3) is 0 Å². The number of aryl methyl sites for hydroxylation is 2. The second kappa shape index (κ2) is 5.81. The van der Waals surface area contributed by atoms with Crippen molar-refractivity contribution in [2.75, 3.05) is 31.1 Å². The summed E-state index contributed by atoms with van der Waals surface area (Å²) in [5.41, 5.74) is 4.70. The van der Waals surface area contributed by atoms with Crippen molar-refractivity contribution >= 4 is 11.5 Å². The van der Waals surface area contributed by atoms with Crippen molar-refractivity contribution in [2.24, 2.45) is 0 Å². The molecule has 7 heteroatoms. The van der Waals surface area contributed by atoms with E-state index in [1.165, 1.54) is 30.8 Å². The van der Waals surface area contributed by atoms with Crippen LogP contribution in [0.2, 0.25) is 0 Å². The van der Waals surface area contributed by atoms with Crippen LogP contribution in [0.4, 0.5) is 5.82 Å². The Kier molecular flexibility index (Phi) is 3.53. The van der Waals surface area contributed by atoms with E-state index in [1.54, 1.807) is 0 Å². The topological polar surface area (TPSA) is 62.7 Å². The maximum absolute atomic E-state index is 5.22. The van der Waals surface area contributed by atoms with Crippen LogP contribution in [0.25, 0.3) is 17.0 Å². The number of aromatic nitrogens is 4. The molecule has 0 aromatic carbocycles. The van der Waals surface area contributed by atoms with Gasteiger partial charge in [0.05, 0.1) is 0 Å². The Bertz CT molecular complexity index is 974. The lowest BCUT2D eigenvalue weighted by atomic mass is 10.1. The zero-order chi connectivity index (χ0) is 17.8. The number of fused-ring (bicyclic) bond motifs is 2. The molecular weight excluding hydrogens is 328 g/mol. The van der Waals surface area contributed by atoms with Crippen molar-refractivity contribution in [2.45, 2.75) is 39.7 Å². The lowest BCUT2D eigenvalue weighted by molar-refractivity contribution is 0.230. The molecule has 3 aromatic rings. The SMILES string of the molecule is Cc1cc(-c2cc3nc(C)c(C)c(N4CCN5CCC[C@@H]5C4)n3n2)no1. The van der Waals surface area contributed by atoms with E-state index in [2.05, 4.69) is 28.8 Å². The third kappa shape index (κ3) is 2.41. The Morgan fingerprint density at radius 1 is 1.08 bits per heavy atom. The van der Waals surface area contributed by atoms with Crippen LogP contribution in [0.15, 0.2) is 16.7 Å². The molecular formula is C19H24N6O. The molecule has 0 bridgehead atoms. The van der Waals surface area contributed by atoms with Gasteiger partial charge in [-0.2, -0.15) is 9.61 Å². The first-order valence-electron chi connectivity index (χ1n) is 9.40. The van der Waals surface area contributed by atoms with Crippen molar-refractivity contribution in [3.05, 3.63) is 29.2 Å². The molecule has 5 heterocycles. The molecule has 3 aromatic heterocycles. The maximum Gasteiger partial charge on any atom is 0.158 e. The quantitative estimate of drug-likeness (QED) is 0.706. The molecule has 2 aliphatic heterocycles. The van der Waals surface area contributed by atoms with Gasteiger partial charge in [0.15, 0.2) is 5.65 Å². The van der Waals surface area contributed by atoms with Gasteiger partial charge < -0.3 is 9.42 Å². The average Bonchev–Trinajstić information content (AvgIpc) is 3.34. The summed E-state index contributed by atoms with van der Waals surface area (Å²) >= 11 is 0. The summed E-state index contributed by atoms with van der Waals surface area (Å²) in [6, 6.07) is 4.58. The van der Waals surface area contributed by atoms with E-state index in [4.69, 9.17) is 14.6 Å². The lowest BCUT2D eigenvalue weighted by Crippen LogP contribution is -2.51. The Morgan fingerprint density at radius 3 is 2.77 bits per heavy atom.